The number of piperidine rings is 1. The van der Waals surface area contributed by atoms with Crippen LogP contribution >= 0.6 is 12.4 Å². The van der Waals surface area contributed by atoms with Gasteiger partial charge in [-0.1, -0.05) is 18.2 Å². The fourth-order valence-electron chi connectivity index (χ4n) is 3.60. The van der Waals surface area contributed by atoms with Gasteiger partial charge in [-0.15, -0.1) is 12.4 Å². The number of morpholine rings is 1. The van der Waals surface area contributed by atoms with Crippen LogP contribution < -0.4 is 15.4 Å². The second-order valence-corrected chi connectivity index (χ2v) is 7.20. The van der Waals surface area contributed by atoms with Gasteiger partial charge in [0.15, 0.2) is 0 Å². The number of ether oxygens (including phenoxy) is 2. The molecule has 0 unspecified atom stereocenters. The summed E-state index contributed by atoms with van der Waals surface area (Å²) in [6, 6.07) is 8.38. The molecule has 2 atom stereocenters. The Kier molecular flexibility index (Phi) is 9.34. The second-order valence-electron chi connectivity index (χ2n) is 7.20. The molecular formula is C20H32ClN3O3. The highest BCUT2D eigenvalue weighted by Gasteiger charge is 2.24. The number of nitrogens with zero attached hydrogens (tertiary/aromatic N) is 1. The minimum Gasteiger partial charge on any atom is -0.492 e. The summed E-state index contributed by atoms with van der Waals surface area (Å²) in [5, 5.41) is 6.48. The minimum atomic E-state index is 0. The van der Waals surface area contributed by atoms with Crippen molar-refractivity contribution in [3.63, 3.8) is 0 Å². The number of hydrogen-bond donors (Lipinski definition) is 2. The molecule has 0 aromatic heterocycles. The van der Waals surface area contributed by atoms with Crippen LogP contribution in [-0.2, 0) is 16.1 Å². The van der Waals surface area contributed by atoms with E-state index in [1.807, 2.05) is 24.3 Å². The maximum absolute atomic E-state index is 12.5. The Bertz CT molecular complexity index is 581. The van der Waals surface area contributed by atoms with Gasteiger partial charge in [-0.2, -0.15) is 0 Å². The molecule has 2 aliphatic heterocycles. The maximum atomic E-state index is 12.5. The predicted molar refractivity (Wildman–Crippen MR) is 108 cm³/mol. The Hall–Kier alpha value is -1.34. The quantitative estimate of drug-likeness (QED) is 0.734. The van der Waals surface area contributed by atoms with Gasteiger partial charge in [0.25, 0.3) is 0 Å². The largest absolute Gasteiger partial charge is 0.492 e. The van der Waals surface area contributed by atoms with Gasteiger partial charge in [-0.25, -0.2) is 0 Å². The number of amides is 1. The molecule has 1 amide bonds. The average Bonchev–Trinajstić information content (AvgIpc) is 2.68. The first kappa shape index (κ1) is 22.0. The lowest BCUT2D eigenvalue weighted by atomic mass is 9.92. The highest BCUT2D eigenvalue weighted by atomic mass is 35.5. The average molecular weight is 398 g/mol. The van der Waals surface area contributed by atoms with Crippen molar-refractivity contribution in [2.24, 2.45) is 5.92 Å². The molecule has 1 aromatic rings. The molecule has 6 nitrogen and oxygen atoms in total. The molecule has 0 aliphatic carbocycles. The summed E-state index contributed by atoms with van der Waals surface area (Å²) in [6.45, 7) is 8.66. The van der Waals surface area contributed by atoms with Gasteiger partial charge >= 0.3 is 0 Å². The number of para-hydroxylation sites is 1. The summed E-state index contributed by atoms with van der Waals surface area (Å²) in [7, 11) is 0. The molecule has 2 heterocycles. The van der Waals surface area contributed by atoms with E-state index < -0.39 is 0 Å². The second kappa shape index (κ2) is 11.5. The third-order valence-corrected chi connectivity index (χ3v) is 5.19. The third kappa shape index (κ3) is 6.96. The van der Waals surface area contributed by atoms with E-state index in [0.717, 1.165) is 63.5 Å². The third-order valence-electron chi connectivity index (χ3n) is 5.19. The van der Waals surface area contributed by atoms with Gasteiger partial charge in [-0.05, 0) is 32.4 Å². The van der Waals surface area contributed by atoms with Crippen molar-refractivity contribution in [3.05, 3.63) is 29.8 Å². The first-order valence-electron chi connectivity index (χ1n) is 9.74. The van der Waals surface area contributed by atoms with Crippen molar-refractivity contribution >= 4 is 18.3 Å². The van der Waals surface area contributed by atoms with Crippen molar-refractivity contribution in [1.29, 1.82) is 0 Å². The summed E-state index contributed by atoms with van der Waals surface area (Å²) in [5.74, 6) is 1.13. The van der Waals surface area contributed by atoms with Crippen LogP contribution in [0.15, 0.2) is 24.3 Å². The van der Waals surface area contributed by atoms with Crippen LogP contribution in [0.25, 0.3) is 0 Å². The van der Waals surface area contributed by atoms with Crippen LogP contribution in [0.3, 0.4) is 0 Å². The predicted octanol–water partition coefficient (Wildman–Crippen LogP) is 1.82. The summed E-state index contributed by atoms with van der Waals surface area (Å²) < 4.78 is 11.4. The first-order valence-corrected chi connectivity index (χ1v) is 9.74. The number of carbonyl (C=O) groups excluding carboxylic acids is 1. The molecular weight excluding hydrogens is 366 g/mol. The van der Waals surface area contributed by atoms with Crippen molar-refractivity contribution in [1.82, 2.24) is 15.5 Å². The molecule has 2 fully saturated rings. The summed E-state index contributed by atoms with van der Waals surface area (Å²) >= 11 is 0. The van der Waals surface area contributed by atoms with E-state index in [2.05, 4.69) is 22.5 Å². The Morgan fingerprint density at radius 2 is 2.11 bits per heavy atom. The number of rotatable bonds is 7. The van der Waals surface area contributed by atoms with Crippen molar-refractivity contribution < 1.29 is 14.3 Å². The number of carbonyl (C=O) groups is 1. The van der Waals surface area contributed by atoms with Crippen molar-refractivity contribution in [3.8, 4) is 5.75 Å². The van der Waals surface area contributed by atoms with Crippen molar-refractivity contribution in [2.75, 3.05) is 46.0 Å². The normalized spacial score (nSPS) is 23.3. The van der Waals surface area contributed by atoms with Gasteiger partial charge in [0.2, 0.25) is 5.91 Å². The van der Waals surface area contributed by atoms with Gasteiger partial charge in [0.1, 0.15) is 12.4 Å². The van der Waals surface area contributed by atoms with E-state index in [9.17, 15) is 4.79 Å². The van der Waals surface area contributed by atoms with E-state index in [0.29, 0.717) is 19.2 Å². The lowest BCUT2D eigenvalue weighted by Gasteiger charge is -2.27. The zero-order chi connectivity index (χ0) is 18.2. The molecule has 3 rings (SSSR count). The van der Waals surface area contributed by atoms with Crippen LogP contribution in [0.2, 0.25) is 0 Å². The van der Waals surface area contributed by atoms with E-state index in [4.69, 9.17) is 9.47 Å². The van der Waals surface area contributed by atoms with Crippen LogP contribution in [0.1, 0.15) is 25.3 Å². The van der Waals surface area contributed by atoms with E-state index >= 15 is 0 Å². The highest BCUT2D eigenvalue weighted by molar-refractivity contribution is 5.85. The molecule has 152 valence electrons. The number of hydrogen-bond acceptors (Lipinski definition) is 5. The Labute approximate surface area is 168 Å². The molecule has 27 heavy (non-hydrogen) atoms. The summed E-state index contributed by atoms with van der Waals surface area (Å²) in [5.41, 5.74) is 1.03. The molecule has 0 bridgehead atoms. The van der Waals surface area contributed by atoms with Crippen LogP contribution in [0.5, 0.6) is 5.75 Å². The molecule has 1 aromatic carbocycles. The molecule has 0 spiro atoms. The summed E-state index contributed by atoms with van der Waals surface area (Å²) in [6.07, 6.45) is 1.82. The number of benzene rings is 1. The smallest absolute Gasteiger partial charge is 0.223 e. The lowest BCUT2D eigenvalue weighted by Crippen LogP contribution is -2.42. The molecule has 2 aliphatic rings. The molecule has 2 N–H and O–H groups in total. The maximum Gasteiger partial charge on any atom is 0.223 e. The SMILES string of the molecule is C[C@H]1C[C@@H](C(=O)NCc2ccccc2OCCN2CCOCC2)CCN1.Cl. The Balaban J connectivity index is 0.00000261. The molecule has 7 heteroatoms. The van der Waals surface area contributed by atoms with E-state index in [1.54, 1.807) is 0 Å². The zero-order valence-corrected chi connectivity index (χ0v) is 16.9. The highest BCUT2D eigenvalue weighted by Crippen LogP contribution is 2.19. The fourth-order valence-corrected chi connectivity index (χ4v) is 3.60. The van der Waals surface area contributed by atoms with Crippen LogP contribution in [-0.4, -0.2) is 62.8 Å². The first-order chi connectivity index (χ1) is 12.7. The van der Waals surface area contributed by atoms with Gasteiger partial charge in [0, 0.05) is 43.7 Å². The summed E-state index contributed by atoms with van der Waals surface area (Å²) in [4.78, 5) is 14.8. The van der Waals surface area contributed by atoms with Gasteiger partial charge < -0.3 is 20.1 Å². The van der Waals surface area contributed by atoms with Crippen LogP contribution in [0, 0.1) is 5.92 Å². The molecule has 2 saturated heterocycles. The van der Waals surface area contributed by atoms with Gasteiger partial charge in [-0.3, -0.25) is 9.69 Å². The monoisotopic (exact) mass is 397 g/mol. The van der Waals surface area contributed by atoms with Crippen LogP contribution in [0.4, 0.5) is 0 Å². The zero-order valence-electron chi connectivity index (χ0n) is 16.1. The standard InChI is InChI=1S/C20H31N3O3.ClH/c1-16-14-17(6-7-21-16)20(24)22-15-18-4-2-3-5-19(18)26-13-10-23-8-11-25-12-9-23;/h2-5,16-17,21H,6-15H2,1H3,(H,22,24);1H/t16-,17-;/m0./s1. The fraction of sp³-hybridized carbons (Fsp3) is 0.650. The molecule has 0 saturated carbocycles. The van der Waals surface area contributed by atoms with E-state index in [1.165, 1.54) is 0 Å². The lowest BCUT2D eigenvalue weighted by molar-refractivity contribution is -0.126. The van der Waals surface area contributed by atoms with E-state index in [-0.39, 0.29) is 24.2 Å². The Morgan fingerprint density at radius 1 is 1.33 bits per heavy atom. The number of halogens is 1. The van der Waals surface area contributed by atoms with Crippen molar-refractivity contribution in [2.45, 2.75) is 32.4 Å². The minimum absolute atomic E-state index is 0. The number of nitrogens with one attached hydrogen (secondary N) is 2. The Morgan fingerprint density at radius 3 is 2.89 bits per heavy atom. The van der Waals surface area contributed by atoms with Gasteiger partial charge in [0.05, 0.1) is 13.2 Å². The molecule has 0 radical (unpaired) electrons. The topological polar surface area (TPSA) is 62.8 Å².